The largest absolute Gasteiger partial charge is 0.333 e. The third-order valence-corrected chi connectivity index (χ3v) is 2.44. The second-order valence-corrected chi connectivity index (χ2v) is 3.77. The van der Waals surface area contributed by atoms with E-state index < -0.39 is 0 Å². The molecule has 2 unspecified atom stereocenters. The van der Waals surface area contributed by atoms with Crippen molar-refractivity contribution in [2.45, 2.75) is 44.5 Å². The Labute approximate surface area is 64.8 Å². The fraction of sp³-hybridized carbons (Fsp3) is 1.00. The van der Waals surface area contributed by atoms with Crippen LogP contribution in [0.3, 0.4) is 0 Å². The first-order valence-corrected chi connectivity index (χ1v) is 4.18. The Morgan fingerprint density at radius 3 is 2.80 bits per heavy atom. The quantitative estimate of drug-likeness (QED) is 0.396. The molecule has 0 aromatic carbocycles. The van der Waals surface area contributed by atoms with E-state index in [0.29, 0.717) is 0 Å². The molecule has 0 saturated heterocycles. The number of hydrogen-bond donors (Lipinski definition) is 1. The van der Waals surface area contributed by atoms with Crippen LogP contribution in [0.5, 0.6) is 0 Å². The standard InChI is InChI=1S/C8H16BN/c1-7-3-2-5-8(9,10)6-4-7/h7H,2-6,10H2,1H3. The highest BCUT2D eigenvalue weighted by atomic mass is 14.7. The van der Waals surface area contributed by atoms with Crippen molar-refractivity contribution < 1.29 is 0 Å². The van der Waals surface area contributed by atoms with Gasteiger partial charge >= 0.3 is 0 Å². The molecule has 1 saturated carbocycles. The maximum absolute atomic E-state index is 5.82. The highest BCUT2D eigenvalue weighted by molar-refractivity contribution is 6.15. The molecule has 10 heavy (non-hydrogen) atoms. The van der Waals surface area contributed by atoms with Gasteiger partial charge in [0.2, 0.25) is 0 Å². The van der Waals surface area contributed by atoms with Crippen molar-refractivity contribution in [2.24, 2.45) is 11.7 Å². The molecule has 0 heterocycles. The van der Waals surface area contributed by atoms with Gasteiger partial charge in [0.25, 0.3) is 0 Å². The molecule has 2 N–H and O–H groups in total. The minimum atomic E-state index is -0.356. The van der Waals surface area contributed by atoms with Crippen LogP contribution >= 0.6 is 0 Å². The van der Waals surface area contributed by atoms with Crippen LogP contribution in [0.15, 0.2) is 0 Å². The highest BCUT2D eigenvalue weighted by Crippen LogP contribution is 2.25. The first-order chi connectivity index (χ1) is 4.60. The molecule has 0 aliphatic heterocycles. The number of rotatable bonds is 0. The zero-order valence-corrected chi connectivity index (χ0v) is 6.77. The molecule has 2 radical (unpaired) electrons. The van der Waals surface area contributed by atoms with E-state index in [-0.39, 0.29) is 5.44 Å². The van der Waals surface area contributed by atoms with Gasteiger partial charge in [-0.1, -0.05) is 19.8 Å². The lowest BCUT2D eigenvalue weighted by molar-refractivity contribution is 0.483. The summed E-state index contributed by atoms with van der Waals surface area (Å²) in [6, 6.07) is 0. The van der Waals surface area contributed by atoms with Crippen LogP contribution < -0.4 is 5.73 Å². The molecule has 0 amide bonds. The second kappa shape index (κ2) is 2.95. The minimum Gasteiger partial charge on any atom is -0.333 e. The van der Waals surface area contributed by atoms with Crippen molar-refractivity contribution in [2.75, 3.05) is 0 Å². The van der Waals surface area contributed by atoms with Gasteiger partial charge in [-0.3, -0.25) is 0 Å². The Balaban J connectivity index is 2.41. The summed E-state index contributed by atoms with van der Waals surface area (Å²) in [4.78, 5) is 0. The van der Waals surface area contributed by atoms with Crippen LogP contribution in [0.25, 0.3) is 0 Å². The zero-order chi connectivity index (χ0) is 7.61. The molecule has 56 valence electrons. The Morgan fingerprint density at radius 1 is 1.40 bits per heavy atom. The molecule has 1 nitrogen and oxygen atoms in total. The van der Waals surface area contributed by atoms with Gasteiger partial charge in [-0.05, 0) is 30.6 Å². The fourth-order valence-corrected chi connectivity index (χ4v) is 1.56. The zero-order valence-electron chi connectivity index (χ0n) is 6.77. The lowest BCUT2D eigenvalue weighted by atomic mass is 9.73. The third kappa shape index (κ3) is 2.33. The molecular weight excluding hydrogens is 121 g/mol. The van der Waals surface area contributed by atoms with Crippen molar-refractivity contribution in [3.8, 4) is 0 Å². The third-order valence-electron chi connectivity index (χ3n) is 2.44. The van der Waals surface area contributed by atoms with Crippen molar-refractivity contribution >= 4 is 7.85 Å². The van der Waals surface area contributed by atoms with Crippen molar-refractivity contribution in [1.82, 2.24) is 0 Å². The molecule has 0 aromatic rings. The maximum Gasteiger partial charge on any atom is 0.0950 e. The summed E-state index contributed by atoms with van der Waals surface area (Å²) in [5.74, 6) is 0.828. The summed E-state index contributed by atoms with van der Waals surface area (Å²) < 4.78 is 0. The van der Waals surface area contributed by atoms with Gasteiger partial charge < -0.3 is 5.73 Å². The summed E-state index contributed by atoms with van der Waals surface area (Å²) in [6.45, 7) is 2.28. The van der Waals surface area contributed by atoms with Crippen LogP contribution in [0.1, 0.15) is 39.0 Å². The normalized spacial score (nSPS) is 42.8. The van der Waals surface area contributed by atoms with Crippen LogP contribution in [0, 0.1) is 5.92 Å². The Morgan fingerprint density at radius 2 is 2.10 bits per heavy atom. The smallest absolute Gasteiger partial charge is 0.0950 e. The van der Waals surface area contributed by atoms with Crippen molar-refractivity contribution in [1.29, 1.82) is 0 Å². The summed E-state index contributed by atoms with van der Waals surface area (Å²) in [6.07, 6.45) is 5.70. The second-order valence-electron chi connectivity index (χ2n) is 3.77. The maximum atomic E-state index is 5.82. The van der Waals surface area contributed by atoms with Crippen LogP contribution in [0.4, 0.5) is 0 Å². The molecule has 2 heteroatoms. The van der Waals surface area contributed by atoms with Crippen LogP contribution in [-0.2, 0) is 0 Å². The first kappa shape index (κ1) is 8.12. The van der Waals surface area contributed by atoms with Gasteiger partial charge in [0.05, 0.1) is 7.85 Å². The summed E-state index contributed by atoms with van der Waals surface area (Å²) >= 11 is 0. The van der Waals surface area contributed by atoms with Gasteiger partial charge in [0.15, 0.2) is 0 Å². The lowest BCUT2D eigenvalue weighted by Crippen LogP contribution is -2.39. The Bertz CT molecular complexity index is 112. The monoisotopic (exact) mass is 137 g/mol. The van der Waals surface area contributed by atoms with E-state index in [1.165, 1.54) is 19.3 Å². The Kier molecular flexibility index (Phi) is 2.40. The van der Waals surface area contributed by atoms with E-state index in [1.54, 1.807) is 0 Å². The van der Waals surface area contributed by atoms with Crippen molar-refractivity contribution in [3.63, 3.8) is 0 Å². The van der Waals surface area contributed by atoms with E-state index >= 15 is 0 Å². The first-order valence-electron chi connectivity index (χ1n) is 4.18. The molecule has 1 rings (SSSR count). The van der Waals surface area contributed by atoms with E-state index in [4.69, 9.17) is 13.6 Å². The topological polar surface area (TPSA) is 26.0 Å². The highest BCUT2D eigenvalue weighted by Gasteiger charge is 2.21. The van der Waals surface area contributed by atoms with E-state index in [0.717, 1.165) is 18.8 Å². The summed E-state index contributed by atoms with van der Waals surface area (Å²) in [5.41, 5.74) is 5.46. The molecule has 0 bridgehead atoms. The SMILES string of the molecule is [B]C1(N)CCCC(C)CC1. The van der Waals surface area contributed by atoms with Crippen LogP contribution in [-0.4, -0.2) is 13.3 Å². The number of nitrogens with two attached hydrogens (primary N) is 1. The number of hydrogen-bond acceptors (Lipinski definition) is 1. The van der Waals surface area contributed by atoms with Gasteiger partial charge in [0, 0.05) is 0 Å². The van der Waals surface area contributed by atoms with Crippen LogP contribution in [0.2, 0.25) is 0 Å². The van der Waals surface area contributed by atoms with Crippen molar-refractivity contribution in [3.05, 3.63) is 0 Å². The fourth-order valence-electron chi connectivity index (χ4n) is 1.56. The van der Waals surface area contributed by atoms with Gasteiger partial charge in [-0.2, -0.15) is 0 Å². The summed E-state index contributed by atoms with van der Waals surface area (Å²) in [7, 11) is 5.82. The average Bonchev–Trinajstić information content (AvgIpc) is 1.94. The predicted molar refractivity (Wildman–Crippen MR) is 44.9 cm³/mol. The molecule has 0 spiro atoms. The van der Waals surface area contributed by atoms with E-state index in [1.807, 2.05) is 0 Å². The van der Waals surface area contributed by atoms with E-state index in [2.05, 4.69) is 6.92 Å². The minimum absolute atomic E-state index is 0.356. The molecule has 2 atom stereocenters. The molecular formula is C8H16BN. The van der Waals surface area contributed by atoms with Gasteiger partial charge in [-0.15, -0.1) is 0 Å². The average molecular weight is 137 g/mol. The van der Waals surface area contributed by atoms with Gasteiger partial charge in [-0.25, -0.2) is 0 Å². The molecule has 1 aliphatic carbocycles. The molecule has 1 fully saturated rings. The molecule has 1 aliphatic rings. The van der Waals surface area contributed by atoms with Gasteiger partial charge in [0.1, 0.15) is 0 Å². The summed E-state index contributed by atoms with van der Waals surface area (Å²) in [5, 5.41) is 0. The van der Waals surface area contributed by atoms with E-state index in [9.17, 15) is 0 Å². The predicted octanol–water partition coefficient (Wildman–Crippen LogP) is 1.41. The lowest BCUT2D eigenvalue weighted by Gasteiger charge is -2.22. The molecule has 0 aromatic heterocycles. The Hall–Kier alpha value is 0.0249.